The Balaban J connectivity index is 0.816. The van der Waals surface area contributed by atoms with Gasteiger partial charge in [0.2, 0.25) is 0 Å². The van der Waals surface area contributed by atoms with Crippen LogP contribution in [-0.2, 0) is 0 Å². The first-order valence-corrected chi connectivity index (χ1v) is 61.3. The van der Waals surface area contributed by atoms with Crippen LogP contribution in [0.4, 0.5) is 0 Å². The third-order valence-corrected chi connectivity index (χ3v) is 65.4. The van der Waals surface area contributed by atoms with Crippen LogP contribution in [0.1, 0.15) is 298 Å². The molecule has 664 valence electrons. The largest absolute Gasteiger partial charge is 0.494 e. The third-order valence-electron chi connectivity index (χ3n) is 26.5. The van der Waals surface area contributed by atoms with Crippen LogP contribution in [0.25, 0.3) is 48.6 Å². The summed E-state index contributed by atoms with van der Waals surface area (Å²) in [6, 6.07) is 79.2. The van der Waals surface area contributed by atoms with Gasteiger partial charge in [-0.3, -0.25) is 0 Å². The predicted octanol–water partition coefficient (Wildman–Crippen LogP) is 33.7. The Bertz CT molecular complexity index is 4000. The Labute approximate surface area is 761 Å². The molecule has 0 fully saturated rings. The van der Waals surface area contributed by atoms with Gasteiger partial charge < -0.3 is 18.9 Å². The second-order valence-electron chi connectivity index (χ2n) is 38.0. The smallest absolute Gasteiger partial charge is 0.119 e. The molecule has 8 aromatic carbocycles. The van der Waals surface area contributed by atoms with Crippen molar-refractivity contribution < 1.29 is 18.9 Å². The van der Waals surface area contributed by atoms with Gasteiger partial charge in [-0.1, -0.05) is 428 Å². The van der Waals surface area contributed by atoms with Crippen molar-refractivity contribution >= 4 is 80.9 Å². The highest BCUT2D eigenvalue weighted by molar-refractivity contribution is 7.30. The predicted molar refractivity (Wildman–Crippen MR) is 546 cm³/mol. The monoisotopic (exact) mass is 1740 g/mol. The van der Waals surface area contributed by atoms with Crippen LogP contribution in [-0.4, -0.2) is 58.7 Å². The Morgan fingerprint density at radius 1 is 0.192 bits per heavy atom. The number of hydrogen-bond donors (Lipinski definition) is 0. The first-order valence-electron chi connectivity index (χ1n) is 48.5. The second kappa shape index (κ2) is 57.5. The molecule has 0 saturated heterocycles. The average Bonchev–Trinajstić information content (AvgIpc) is 0.686. The van der Waals surface area contributed by atoms with Crippen LogP contribution >= 0.6 is 0 Å². The standard InChI is InChI=1S/C113H152N4O4Si4/c1-122(2,89-41-33-25-17-9-13-21-29-37-85-118-109-77-69-101(70-78-109)49-45-97-53-61-105(93-114)62-54-97)113(123(3,4)90-42-34-26-18-10-14-22-30-38-86-119-110-79-71-102(72-80-110)50-46-98-55-63-106(94-115)64-56-98,124(5,6)91-43-35-27-19-11-15-23-31-39-87-120-111-81-73-103(74-82-111)51-47-99-57-65-107(95-116)66-58-99)125(7,8)92-44-36-28-20-12-16-24-32-40-88-121-112-83-75-104(76-84-112)52-48-100-59-67-108(96-117)68-60-100/h45-84H,9-44,85-92H2,1-8H3/b49-45+,50-46+,51-47+,52-48+. The summed E-state index contributed by atoms with van der Waals surface area (Å²) >= 11 is 0. The molecule has 0 bridgehead atoms. The zero-order chi connectivity index (χ0) is 88.8. The lowest BCUT2D eigenvalue weighted by atomic mass is 10.1. The van der Waals surface area contributed by atoms with Crippen molar-refractivity contribution in [2.24, 2.45) is 0 Å². The molecule has 0 heterocycles. The van der Waals surface area contributed by atoms with Gasteiger partial charge in [0.25, 0.3) is 0 Å². The Hall–Kier alpha value is -9.25. The van der Waals surface area contributed by atoms with Gasteiger partial charge in [-0.25, -0.2) is 0 Å². The lowest BCUT2D eigenvalue weighted by Gasteiger charge is -2.69. The molecule has 8 aromatic rings. The van der Waals surface area contributed by atoms with Crippen LogP contribution in [0.5, 0.6) is 23.0 Å². The van der Waals surface area contributed by atoms with E-state index in [1.807, 2.05) is 97.1 Å². The van der Waals surface area contributed by atoms with Crippen LogP contribution in [0, 0.1) is 45.3 Å². The molecule has 0 N–H and O–H groups in total. The number of hydrogen-bond acceptors (Lipinski definition) is 8. The summed E-state index contributed by atoms with van der Waals surface area (Å²) in [7, 11) is -7.35. The van der Waals surface area contributed by atoms with Crippen LogP contribution in [0.2, 0.25) is 80.5 Å². The van der Waals surface area contributed by atoms with Gasteiger partial charge in [-0.05, 0) is 171 Å². The molecule has 0 spiro atoms. The van der Waals surface area contributed by atoms with Gasteiger partial charge >= 0.3 is 0 Å². The maximum Gasteiger partial charge on any atom is 0.119 e. The van der Waals surface area contributed by atoms with Gasteiger partial charge in [0.1, 0.15) is 23.0 Å². The van der Waals surface area contributed by atoms with Gasteiger partial charge in [-0.2, -0.15) is 21.0 Å². The maximum atomic E-state index is 9.15. The number of nitrogens with zero attached hydrogens (tertiary/aromatic N) is 4. The molecular weight excluding hydrogens is 1590 g/mol. The molecule has 0 radical (unpaired) electrons. The number of rotatable bonds is 64. The minimum atomic E-state index is -1.84. The molecule has 0 saturated carbocycles. The number of ether oxygens (including phenoxy) is 4. The van der Waals surface area contributed by atoms with E-state index < -0.39 is 32.3 Å². The Kier molecular flexibility index (Phi) is 46.5. The minimum absolute atomic E-state index is 0.633. The molecule has 0 aliphatic heterocycles. The van der Waals surface area contributed by atoms with E-state index in [0.717, 1.165) is 120 Å². The van der Waals surface area contributed by atoms with E-state index in [-0.39, 0.29) is 0 Å². The first kappa shape index (κ1) is 101. The molecule has 0 amide bonds. The fourth-order valence-electron chi connectivity index (χ4n) is 20.8. The Morgan fingerprint density at radius 2 is 0.320 bits per heavy atom. The lowest BCUT2D eigenvalue weighted by molar-refractivity contribution is 0.304. The SMILES string of the molecule is C[Si](C)(CCCCCCCCCCCOc1ccc(/C=C/c2ccc(C#N)cc2)cc1)C([Si](C)(C)CCCCCCCCCCCOc1ccc(/C=C/c2ccc(C#N)cc2)cc1)([Si](C)(C)CCCCCCCCCCCOc1ccc(/C=C/c2ccc(C#N)cc2)cc1)[Si](C)(C)CCCCCCCCCCCOc1ccc(/C=C/c2ccc(C#N)cc2)cc1. The average molecular weight is 1740 g/mol. The summed E-state index contributed by atoms with van der Waals surface area (Å²) < 4.78 is 25.4. The van der Waals surface area contributed by atoms with E-state index >= 15 is 0 Å². The fourth-order valence-corrected chi connectivity index (χ4v) is 75.3. The molecule has 125 heavy (non-hydrogen) atoms. The zero-order valence-corrected chi connectivity index (χ0v) is 82.1. The summed E-state index contributed by atoms with van der Waals surface area (Å²) in [5, 5.41) is 36.6. The van der Waals surface area contributed by atoms with Gasteiger partial charge in [0.05, 0.1) is 73.0 Å². The first-order chi connectivity index (χ1) is 60.8. The second-order valence-corrected chi connectivity index (χ2v) is 61.0. The molecule has 8 rings (SSSR count). The number of nitriles is 4. The van der Waals surface area contributed by atoms with Crippen LogP contribution in [0.3, 0.4) is 0 Å². The molecule has 0 unspecified atom stereocenters. The van der Waals surface area contributed by atoms with Gasteiger partial charge in [0.15, 0.2) is 0 Å². The zero-order valence-electron chi connectivity index (χ0n) is 78.1. The van der Waals surface area contributed by atoms with Crippen LogP contribution in [0.15, 0.2) is 194 Å². The fraction of sp³-hybridized carbons (Fsp3) is 0.469. The molecule has 12 heteroatoms. The quantitative estimate of drug-likeness (QED) is 0.0209. The van der Waals surface area contributed by atoms with Crippen molar-refractivity contribution in [3.8, 4) is 47.3 Å². The van der Waals surface area contributed by atoms with E-state index in [1.165, 1.54) is 230 Å². The minimum Gasteiger partial charge on any atom is -0.494 e. The summed E-state index contributed by atoms with van der Waals surface area (Å²) in [6.45, 7) is 27.2. The highest BCUT2D eigenvalue weighted by Gasteiger charge is 2.69. The van der Waals surface area contributed by atoms with E-state index in [1.54, 1.807) is 0 Å². The molecule has 0 atom stereocenters. The molecule has 0 aliphatic carbocycles. The molecule has 8 nitrogen and oxygen atoms in total. The van der Waals surface area contributed by atoms with Crippen molar-refractivity contribution in [3.05, 3.63) is 261 Å². The van der Waals surface area contributed by atoms with E-state index in [9.17, 15) is 0 Å². The lowest BCUT2D eigenvalue weighted by Crippen LogP contribution is -2.77. The molecule has 0 aliphatic rings. The van der Waals surface area contributed by atoms with Crippen molar-refractivity contribution in [2.75, 3.05) is 26.4 Å². The van der Waals surface area contributed by atoms with E-state index in [4.69, 9.17) is 40.0 Å². The number of benzene rings is 8. The summed E-state index contributed by atoms with van der Waals surface area (Å²) in [5.74, 6) is 3.75. The molecule has 0 aromatic heterocycles. The van der Waals surface area contributed by atoms with Crippen molar-refractivity contribution in [2.45, 2.75) is 312 Å². The highest BCUT2D eigenvalue weighted by Crippen LogP contribution is 2.65. The summed E-state index contributed by atoms with van der Waals surface area (Å²) in [4.78, 5) is 0. The van der Waals surface area contributed by atoms with E-state index in [0.29, 0.717) is 26.2 Å². The Morgan fingerprint density at radius 3 is 0.464 bits per heavy atom. The van der Waals surface area contributed by atoms with Crippen molar-refractivity contribution in [1.82, 2.24) is 0 Å². The normalized spacial score (nSPS) is 12.1. The summed E-state index contributed by atoms with van der Waals surface area (Å²) in [5.41, 5.74) is 11.6. The number of unbranched alkanes of at least 4 members (excludes halogenated alkanes) is 32. The van der Waals surface area contributed by atoms with E-state index in [2.05, 4.69) is 222 Å². The van der Waals surface area contributed by atoms with Gasteiger partial charge in [0, 0.05) is 32.3 Å². The topological polar surface area (TPSA) is 132 Å². The maximum absolute atomic E-state index is 9.15. The summed E-state index contributed by atoms with van der Waals surface area (Å²) in [6.07, 6.45) is 64.3. The third kappa shape index (κ3) is 36.9. The van der Waals surface area contributed by atoms with Crippen molar-refractivity contribution in [3.63, 3.8) is 0 Å². The van der Waals surface area contributed by atoms with Gasteiger partial charge in [-0.15, -0.1) is 0 Å². The van der Waals surface area contributed by atoms with Crippen LogP contribution < -0.4 is 18.9 Å². The molecular formula is C113H152N4O4Si4. The highest BCUT2D eigenvalue weighted by atomic mass is 28.5. The van der Waals surface area contributed by atoms with Crippen molar-refractivity contribution in [1.29, 1.82) is 21.0 Å².